The van der Waals surface area contributed by atoms with Crippen molar-refractivity contribution in [2.75, 3.05) is 21.1 Å². The minimum Gasteiger partial charge on any atom is -0.480 e. The fraction of sp³-hybridized carbons (Fsp3) is 0.909. The maximum Gasteiger partial charge on any atom is 0.324 e. The zero-order valence-electron chi connectivity index (χ0n) is 9.73. The summed E-state index contributed by atoms with van der Waals surface area (Å²) in [6, 6.07) is 0.921. The van der Waals surface area contributed by atoms with E-state index >= 15 is 0 Å². The molecule has 0 aliphatic carbocycles. The van der Waals surface area contributed by atoms with E-state index in [-0.39, 0.29) is 0 Å². The van der Waals surface area contributed by atoms with Crippen molar-refractivity contribution in [3.8, 4) is 0 Å². The van der Waals surface area contributed by atoms with Gasteiger partial charge in [0.1, 0.15) is 5.54 Å². The SMILES string of the molecule is CN1C2CCC1CC(C(=O)O)(N(C)C)C2. The first-order chi connectivity index (χ1) is 6.97. The predicted octanol–water partition coefficient (Wildman–Crippen LogP) is 0.628. The van der Waals surface area contributed by atoms with E-state index in [4.69, 9.17) is 0 Å². The van der Waals surface area contributed by atoms with Gasteiger partial charge in [0.05, 0.1) is 0 Å². The molecule has 2 aliphatic rings. The van der Waals surface area contributed by atoms with Gasteiger partial charge in [-0.2, -0.15) is 0 Å². The highest BCUT2D eigenvalue weighted by molar-refractivity contribution is 5.79. The third-order valence-electron chi connectivity index (χ3n) is 4.39. The highest BCUT2D eigenvalue weighted by Crippen LogP contribution is 2.42. The van der Waals surface area contributed by atoms with Gasteiger partial charge < -0.3 is 10.0 Å². The fourth-order valence-electron chi connectivity index (χ4n) is 3.18. The maximum absolute atomic E-state index is 11.5. The molecule has 4 nitrogen and oxygen atoms in total. The summed E-state index contributed by atoms with van der Waals surface area (Å²) in [6.45, 7) is 0. The summed E-state index contributed by atoms with van der Waals surface area (Å²) in [5.41, 5.74) is -0.627. The van der Waals surface area contributed by atoms with Crippen LogP contribution in [0.2, 0.25) is 0 Å². The topological polar surface area (TPSA) is 43.8 Å². The molecular weight excluding hydrogens is 192 g/mol. The second-order valence-corrected chi connectivity index (χ2v) is 5.19. The molecule has 2 unspecified atom stereocenters. The number of aliphatic carboxylic acids is 1. The van der Waals surface area contributed by atoms with Crippen LogP contribution in [0, 0.1) is 0 Å². The van der Waals surface area contributed by atoms with E-state index in [1.807, 2.05) is 19.0 Å². The number of piperidine rings is 1. The van der Waals surface area contributed by atoms with Crippen molar-refractivity contribution in [1.82, 2.24) is 9.80 Å². The molecule has 0 aromatic carbocycles. The van der Waals surface area contributed by atoms with Gasteiger partial charge in [0.2, 0.25) is 0 Å². The Bertz CT molecular complexity index is 264. The lowest BCUT2D eigenvalue weighted by molar-refractivity contribution is -0.155. The Kier molecular flexibility index (Phi) is 2.51. The molecule has 2 bridgehead atoms. The molecule has 0 radical (unpaired) electrons. The Morgan fingerprint density at radius 1 is 1.33 bits per heavy atom. The van der Waals surface area contributed by atoms with Crippen molar-refractivity contribution in [3.05, 3.63) is 0 Å². The van der Waals surface area contributed by atoms with E-state index in [0.717, 1.165) is 25.7 Å². The summed E-state index contributed by atoms with van der Waals surface area (Å²) in [7, 11) is 5.90. The Hall–Kier alpha value is -0.610. The molecule has 0 aromatic rings. The number of nitrogens with zero attached hydrogens (tertiary/aromatic N) is 2. The van der Waals surface area contributed by atoms with Crippen molar-refractivity contribution in [2.24, 2.45) is 0 Å². The molecule has 0 amide bonds. The molecule has 2 heterocycles. The van der Waals surface area contributed by atoms with Crippen LogP contribution in [-0.2, 0) is 4.79 Å². The lowest BCUT2D eigenvalue weighted by Crippen LogP contribution is -2.60. The lowest BCUT2D eigenvalue weighted by atomic mass is 9.82. The molecule has 2 rings (SSSR count). The maximum atomic E-state index is 11.5. The average molecular weight is 212 g/mol. The van der Waals surface area contributed by atoms with Crippen molar-refractivity contribution in [2.45, 2.75) is 43.3 Å². The van der Waals surface area contributed by atoms with Gasteiger partial charge in [0.25, 0.3) is 0 Å². The molecule has 86 valence electrons. The van der Waals surface area contributed by atoms with Gasteiger partial charge in [-0.1, -0.05) is 0 Å². The van der Waals surface area contributed by atoms with Crippen LogP contribution in [0.1, 0.15) is 25.7 Å². The van der Waals surface area contributed by atoms with Gasteiger partial charge in [-0.05, 0) is 46.8 Å². The highest BCUT2D eigenvalue weighted by atomic mass is 16.4. The van der Waals surface area contributed by atoms with Crippen LogP contribution in [0.25, 0.3) is 0 Å². The molecule has 0 spiro atoms. The summed E-state index contributed by atoms with van der Waals surface area (Å²) in [6.07, 6.45) is 3.85. The fourth-order valence-corrected chi connectivity index (χ4v) is 3.18. The molecule has 2 fully saturated rings. The number of carboxylic acid groups (broad SMARTS) is 1. The summed E-state index contributed by atoms with van der Waals surface area (Å²) in [5, 5.41) is 9.45. The number of rotatable bonds is 2. The second-order valence-electron chi connectivity index (χ2n) is 5.19. The molecular formula is C11H20N2O2. The molecule has 15 heavy (non-hydrogen) atoms. The Morgan fingerprint density at radius 3 is 2.13 bits per heavy atom. The summed E-state index contributed by atoms with van der Waals surface area (Å²) >= 11 is 0. The number of hydrogen-bond acceptors (Lipinski definition) is 3. The van der Waals surface area contributed by atoms with Gasteiger partial charge in [-0.15, -0.1) is 0 Å². The van der Waals surface area contributed by atoms with Gasteiger partial charge in [-0.25, -0.2) is 0 Å². The van der Waals surface area contributed by atoms with Crippen LogP contribution in [0.15, 0.2) is 0 Å². The van der Waals surface area contributed by atoms with E-state index in [2.05, 4.69) is 11.9 Å². The molecule has 2 saturated heterocycles. The van der Waals surface area contributed by atoms with Crippen molar-refractivity contribution in [1.29, 1.82) is 0 Å². The quantitative estimate of drug-likeness (QED) is 0.729. The lowest BCUT2D eigenvalue weighted by Gasteiger charge is -2.46. The van der Waals surface area contributed by atoms with E-state index in [1.54, 1.807) is 0 Å². The molecule has 2 aliphatic heterocycles. The van der Waals surface area contributed by atoms with E-state index in [1.165, 1.54) is 0 Å². The van der Waals surface area contributed by atoms with Crippen LogP contribution >= 0.6 is 0 Å². The van der Waals surface area contributed by atoms with Crippen LogP contribution in [-0.4, -0.2) is 59.6 Å². The predicted molar refractivity (Wildman–Crippen MR) is 57.9 cm³/mol. The molecule has 4 heteroatoms. The number of hydrogen-bond donors (Lipinski definition) is 1. The van der Waals surface area contributed by atoms with Crippen molar-refractivity contribution < 1.29 is 9.90 Å². The number of carbonyl (C=O) groups is 1. The molecule has 2 atom stereocenters. The normalized spacial score (nSPS) is 41.1. The van der Waals surface area contributed by atoms with Gasteiger partial charge in [0.15, 0.2) is 0 Å². The van der Waals surface area contributed by atoms with Gasteiger partial charge in [0, 0.05) is 12.1 Å². The Labute approximate surface area is 90.9 Å². The standard InChI is InChI=1S/C11H20N2O2/c1-12(2)11(10(14)15)6-8-4-5-9(7-11)13(8)3/h8-9H,4-7H2,1-3H3,(H,14,15). The summed E-state index contributed by atoms with van der Waals surface area (Å²) < 4.78 is 0. The molecule has 1 N–H and O–H groups in total. The van der Waals surface area contributed by atoms with Crippen LogP contribution in [0.4, 0.5) is 0 Å². The number of fused-ring (bicyclic) bond motifs is 2. The molecule has 0 saturated carbocycles. The minimum absolute atomic E-state index is 0.460. The first kappa shape index (κ1) is 10.9. The van der Waals surface area contributed by atoms with Crippen molar-refractivity contribution in [3.63, 3.8) is 0 Å². The van der Waals surface area contributed by atoms with Gasteiger partial charge in [-0.3, -0.25) is 9.69 Å². The first-order valence-electron chi connectivity index (χ1n) is 5.60. The third-order valence-corrected chi connectivity index (χ3v) is 4.39. The zero-order valence-corrected chi connectivity index (χ0v) is 9.73. The number of likely N-dealkylation sites (N-methyl/N-ethyl adjacent to an activating group) is 1. The zero-order chi connectivity index (χ0) is 11.2. The van der Waals surface area contributed by atoms with Crippen LogP contribution < -0.4 is 0 Å². The minimum atomic E-state index is -0.655. The highest BCUT2D eigenvalue weighted by Gasteiger charge is 2.52. The van der Waals surface area contributed by atoms with Crippen molar-refractivity contribution >= 4 is 5.97 Å². The Morgan fingerprint density at radius 2 is 1.80 bits per heavy atom. The van der Waals surface area contributed by atoms with E-state index in [9.17, 15) is 9.90 Å². The first-order valence-corrected chi connectivity index (χ1v) is 5.60. The van der Waals surface area contributed by atoms with Crippen LogP contribution in [0.3, 0.4) is 0 Å². The van der Waals surface area contributed by atoms with E-state index in [0.29, 0.717) is 12.1 Å². The third kappa shape index (κ3) is 1.47. The smallest absolute Gasteiger partial charge is 0.324 e. The van der Waals surface area contributed by atoms with E-state index < -0.39 is 11.5 Å². The monoisotopic (exact) mass is 212 g/mol. The Balaban J connectivity index is 2.27. The second kappa shape index (κ2) is 3.46. The molecule has 0 aromatic heterocycles. The summed E-state index contributed by atoms with van der Waals surface area (Å²) in [4.78, 5) is 15.7. The largest absolute Gasteiger partial charge is 0.480 e. The van der Waals surface area contributed by atoms with Gasteiger partial charge >= 0.3 is 5.97 Å². The average Bonchev–Trinajstić information content (AvgIpc) is 2.39. The summed E-state index contributed by atoms with van der Waals surface area (Å²) in [5.74, 6) is -0.655. The van der Waals surface area contributed by atoms with Crippen LogP contribution in [0.5, 0.6) is 0 Å². The number of carboxylic acids is 1.